The van der Waals surface area contributed by atoms with Crippen molar-refractivity contribution in [2.75, 3.05) is 18.5 Å². The van der Waals surface area contributed by atoms with E-state index in [1.165, 1.54) is 6.07 Å². The zero-order chi connectivity index (χ0) is 13.7. The molecule has 19 heavy (non-hydrogen) atoms. The monoisotopic (exact) mass is 258 g/mol. The van der Waals surface area contributed by atoms with E-state index in [-0.39, 0.29) is 5.82 Å². The lowest BCUT2D eigenvalue weighted by atomic mass is 10.1. The minimum Gasteiger partial charge on any atom is -0.344 e. The normalized spacial score (nSPS) is 10.5. The lowest BCUT2D eigenvalue weighted by Gasteiger charge is -2.23. The van der Waals surface area contributed by atoms with Gasteiger partial charge in [-0.1, -0.05) is 25.1 Å². The average Bonchev–Trinajstić information content (AvgIpc) is 2.45. The minimum atomic E-state index is -0.196. The van der Waals surface area contributed by atoms with Crippen molar-refractivity contribution in [1.82, 2.24) is 5.32 Å². The van der Waals surface area contributed by atoms with Crippen molar-refractivity contribution < 1.29 is 4.39 Å². The summed E-state index contributed by atoms with van der Waals surface area (Å²) in [6.45, 7) is 3.58. The number of halogens is 1. The molecule has 2 aromatic carbocycles. The van der Waals surface area contributed by atoms with Crippen LogP contribution in [0.25, 0.3) is 0 Å². The second-order valence-corrected chi connectivity index (χ2v) is 4.45. The average molecular weight is 258 g/mol. The number of para-hydroxylation sites is 1. The van der Waals surface area contributed by atoms with Gasteiger partial charge in [0.2, 0.25) is 0 Å². The number of nitrogens with zero attached hydrogens (tertiary/aromatic N) is 1. The van der Waals surface area contributed by atoms with Gasteiger partial charge in [-0.3, -0.25) is 0 Å². The molecule has 0 spiro atoms. The molecule has 2 rings (SSSR count). The van der Waals surface area contributed by atoms with Gasteiger partial charge in [-0.2, -0.15) is 0 Å². The van der Waals surface area contributed by atoms with Gasteiger partial charge >= 0.3 is 0 Å². The fourth-order valence-electron chi connectivity index (χ4n) is 2.07. The van der Waals surface area contributed by atoms with Crippen molar-refractivity contribution in [2.24, 2.45) is 0 Å². The van der Waals surface area contributed by atoms with Crippen molar-refractivity contribution in [3.05, 3.63) is 59.9 Å². The van der Waals surface area contributed by atoms with Gasteiger partial charge in [0, 0.05) is 25.0 Å². The van der Waals surface area contributed by atoms with Crippen LogP contribution >= 0.6 is 0 Å². The molecule has 3 heteroatoms. The Morgan fingerprint density at radius 3 is 2.53 bits per heavy atom. The summed E-state index contributed by atoms with van der Waals surface area (Å²) in [6, 6.07) is 15.0. The number of hydrogen-bond donors (Lipinski definition) is 1. The number of hydrogen-bond acceptors (Lipinski definition) is 2. The van der Waals surface area contributed by atoms with Crippen molar-refractivity contribution in [1.29, 1.82) is 0 Å². The molecule has 2 aromatic rings. The van der Waals surface area contributed by atoms with Gasteiger partial charge in [-0.15, -0.1) is 0 Å². The summed E-state index contributed by atoms with van der Waals surface area (Å²) in [5.74, 6) is -0.196. The van der Waals surface area contributed by atoms with Crippen LogP contribution in [0.1, 0.15) is 12.5 Å². The molecule has 0 bridgehead atoms. The predicted octanol–water partition coefficient (Wildman–Crippen LogP) is 3.70. The van der Waals surface area contributed by atoms with Crippen LogP contribution in [0.4, 0.5) is 15.8 Å². The summed E-state index contributed by atoms with van der Waals surface area (Å²) in [5.41, 5.74) is 3.08. The highest BCUT2D eigenvalue weighted by atomic mass is 19.1. The molecule has 0 heterocycles. The Bertz CT molecular complexity index is 526. The predicted molar refractivity (Wildman–Crippen MR) is 78.3 cm³/mol. The van der Waals surface area contributed by atoms with E-state index in [2.05, 4.69) is 10.2 Å². The standard InChI is InChI=1S/C16H19FN2/c1-3-18-12-13-11-14(17)9-10-16(13)19(2)15-7-5-4-6-8-15/h4-11,18H,3,12H2,1-2H3. The SMILES string of the molecule is CCNCc1cc(F)ccc1N(C)c1ccccc1. The Balaban J connectivity index is 2.32. The molecule has 0 radical (unpaired) electrons. The second-order valence-electron chi connectivity index (χ2n) is 4.45. The van der Waals surface area contributed by atoms with Gasteiger partial charge in [-0.25, -0.2) is 4.39 Å². The van der Waals surface area contributed by atoms with Crippen molar-refractivity contribution in [2.45, 2.75) is 13.5 Å². The maximum Gasteiger partial charge on any atom is 0.123 e. The fraction of sp³-hybridized carbons (Fsp3) is 0.250. The van der Waals surface area contributed by atoms with E-state index in [0.29, 0.717) is 6.54 Å². The van der Waals surface area contributed by atoms with Gasteiger partial charge in [0.1, 0.15) is 5.82 Å². The Morgan fingerprint density at radius 2 is 1.84 bits per heavy atom. The molecule has 0 saturated carbocycles. The summed E-state index contributed by atoms with van der Waals surface area (Å²) in [6.07, 6.45) is 0. The molecule has 0 unspecified atom stereocenters. The molecule has 0 saturated heterocycles. The number of nitrogens with one attached hydrogen (secondary N) is 1. The first-order valence-electron chi connectivity index (χ1n) is 6.50. The number of anilines is 2. The van der Waals surface area contributed by atoms with Gasteiger partial charge in [0.25, 0.3) is 0 Å². The fourth-order valence-corrected chi connectivity index (χ4v) is 2.07. The van der Waals surface area contributed by atoms with E-state index in [1.54, 1.807) is 6.07 Å². The number of benzene rings is 2. The Hall–Kier alpha value is -1.87. The van der Waals surface area contributed by atoms with Gasteiger partial charge < -0.3 is 10.2 Å². The third-order valence-corrected chi connectivity index (χ3v) is 3.11. The minimum absolute atomic E-state index is 0.196. The molecule has 0 atom stereocenters. The highest BCUT2D eigenvalue weighted by Crippen LogP contribution is 2.27. The smallest absolute Gasteiger partial charge is 0.123 e. The molecule has 0 fully saturated rings. The Kier molecular flexibility index (Phi) is 4.53. The first-order chi connectivity index (χ1) is 9.22. The molecule has 0 aromatic heterocycles. The molecule has 0 aliphatic carbocycles. The van der Waals surface area contributed by atoms with E-state index in [0.717, 1.165) is 23.5 Å². The molecule has 0 aliphatic rings. The molecule has 1 N–H and O–H groups in total. The van der Waals surface area contributed by atoms with E-state index in [9.17, 15) is 4.39 Å². The van der Waals surface area contributed by atoms with Crippen molar-refractivity contribution >= 4 is 11.4 Å². The summed E-state index contributed by atoms with van der Waals surface area (Å²) in [5, 5.41) is 3.25. The maximum absolute atomic E-state index is 13.4. The van der Waals surface area contributed by atoms with Crippen LogP contribution in [0.5, 0.6) is 0 Å². The summed E-state index contributed by atoms with van der Waals surface area (Å²) in [4.78, 5) is 2.08. The highest BCUT2D eigenvalue weighted by Gasteiger charge is 2.09. The summed E-state index contributed by atoms with van der Waals surface area (Å²) >= 11 is 0. The van der Waals surface area contributed by atoms with E-state index < -0.39 is 0 Å². The van der Waals surface area contributed by atoms with Crippen LogP contribution in [0.2, 0.25) is 0 Å². The highest BCUT2D eigenvalue weighted by molar-refractivity contribution is 5.65. The lowest BCUT2D eigenvalue weighted by molar-refractivity contribution is 0.622. The quantitative estimate of drug-likeness (QED) is 0.879. The van der Waals surface area contributed by atoms with Gasteiger partial charge in [-0.05, 0) is 42.4 Å². The number of rotatable bonds is 5. The van der Waals surface area contributed by atoms with Crippen molar-refractivity contribution in [3.8, 4) is 0 Å². The van der Waals surface area contributed by atoms with Crippen molar-refractivity contribution in [3.63, 3.8) is 0 Å². The lowest BCUT2D eigenvalue weighted by Crippen LogP contribution is -2.17. The molecular formula is C16H19FN2. The molecule has 0 amide bonds. The molecule has 100 valence electrons. The van der Waals surface area contributed by atoms with Crippen LogP contribution in [-0.2, 0) is 6.54 Å². The van der Waals surface area contributed by atoms with Gasteiger partial charge in [0.05, 0.1) is 0 Å². The van der Waals surface area contributed by atoms with E-state index in [4.69, 9.17) is 0 Å². The van der Waals surface area contributed by atoms with Crippen LogP contribution in [0.15, 0.2) is 48.5 Å². The molecule has 2 nitrogen and oxygen atoms in total. The van der Waals surface area contributed by atoms with Crippen LogP contribution in [0, 0.1) is 5.82 Å². The first kappa shape index (κ1) is 13.6. The van der Waals surface area contributed by atoms with Crippen LogP contribution < -0.4 is 10.2 Å². The molecular weight excluding hydrogens is 239 g/mol. The Labute approximate surface area is 113 Å². The molecule has 0 aliphatic heterocycles. The van der Waals surface area contributed by atoms with Crippen LogP contribution in [-0.4, -0.2) is 13.6 Å². The largest absolute Gasteiger partial charge is 0.344 e. The van der Waals surface area contributed by atoms with E-state index in [1.807, 2.05) is 50.4 Å². The van der Waals surface area contributed by atoms with E-state index >= 15 is 0 Å². The van der Waals surface area contributed by atoms with Gasteiger partial charge in [0.15, 0.2) is 0 Å². The Morgan fingerprint density at radius 1 is 1.11 bits per heavy atom. The van der Waals surface area contributed by atoms with Crippen LogP contribution in [0.3, 0.4) is 0 Å². The topological polar surface area (TPSA) is 15.3 Å². The third-order valence-electron chi connectivity index (χ3n) is 3.11. The zero-order valence-electron chi connectivity index (χ0n) is 11.4. The summed E-state index contributed by atoms with van der Waals surface area (Å²) < 4.78 is 13.4. The maximum atomic E-state index is 13.4. The second kappa shape index (κ2) is 6.34. The first-order valence-corrected chi connectivity index (χ1v) is 6.50. The summed E-state index contributed by atoms with van der Waals surface area (Å²) in [7, 11) is 2.00. The third kappa shape index (κ3) is 3.32. The zero-order valence-corrected chi connectivity index (χ0v) is 11.4.